The second-order valence-electron chi connectivity index (χ2n) is 5.03. The summed E-state index contributed by atoms with van der Waals surface area (Å²) in [5, 5.41) is 2.76. The molecule has 0 atom stereocenters. The summed E-state index contributed by atoms with van der Waals surface area (Å²) in [5.41, 5.74) is -0.466. The number of benzene rings is 1. The van der Waals surface area contributed by atoms with E-state index in [1.54, 1.807) is 11.8 Å². The lowest BCUT2D eigenvalue weighted by Gasteiger charge is -2.20. The van der Waals surface area contributed by atoms with Gasteiger partial charge < -0.3 is 10.1 Å². The summed E-state index contributed by atoms with van der Waals surface area (Å²) >= 11 is 1.64. The first kappa shape index (κ1) is 15.6. The normalized spacial score (nSPS) is 12.1. The molecule has 0 spiro atoms. The van der Waals surface area contributed by atoms with Gasteiger partial charge in [0, 0.05) is 9.80 Å². The lowest BCUT2D eigenvalue weighted by molar-refractivity contribution is 0.0533. The summed E-state index contributed by atoms with van der Waals surface area (Å²) < 4.78 is 5.20. The van der Waals surface area contributed by atoms with E-state index in [0.717, 1.165) is 9.80 Å². The molecule has 3 nitrogen and oxygen atoms in total. The van der Waals surface area contributed by atoms with E-state index in [1.165, 1.54) is 0 Å². The fourth-order valence-corrected chi connectivity index (χ4v) is 2.17. The van der Waals surface area contributed by atoms with E-state index in [9.17, 15) is 4.79 Å². The summed E-state index contributed by atoms with van der Waals surface area (Å²) in [7, 11) is 0. The highest BCUT2D eigenvalue weighted by atomic mass is 32.2. The Morgan fingerprint density at radius 3 is 2.47 bits per heavy atom. The van der Waals surface area contributed by atoms with Gasteiger partial charge in [0.15, 0.2) is 0 Å². The molecule has 0 aliphatic heterocycles. The Kier molecular flexibility index (Phi) is 5.96. The van der Waals surface area contributed by atoms with E-state index < -0.39 is 5.60 Å². The molecule has 1 aromatic rings. The van der Waals surface area contributed by atoms with Gasteiger partial charge in [0.1, 0.15) is 5.60 Å². The SMILES string of the molecule is C/C=C(/CNC(=O)OC(C)(C)C)Sc1ccccc1. The van der Waals surface area contributed by atoms with Crippen LogP contribution in [0.1, 0.15) is 27.7 Å². The molecule has 1 aromatic carbocycles. The third-order valence-electron chi connectivity index (χ3n) is 2.12. The predicted molar refractivity (Wildman–Crippen MR) is 80.3 cm³/mol. The van der Waals surface area contributed by atoms with Gasteiger partial charge in [0.05, 0.1) is 6.54 Å². The van der Waals surface area contributed by atoms with Gasteiger partial charge in [0.2, 0.25) is 0 Å². The van der Waals surface area contributed by atoms with Crippen molar-refractivity contribution in [3.8, 4) is 0 Å². The van der Waals surface area contributed by atoms with Crippen LogP contribution in [0.2, 0.25) is 0 Å². The first-order valence-corrected chi connectivity index (χ1v) is 7.07. The van der Waals surface area contributed by atoms with Crippen molar-refractivity contribution in [2.24, 2.45) is 0 Å². The molecule has 0 aliphatic carbocycles. The molecule has 0 aliphatic rings. The smallest absolute Gasteiger partial charge is 0.407 e. The van der Waals surface area contributed by atoms with E-state index in [-0.39, 0.29) is 6.09 Å². The van der Waals surface area contributed by atoms with Crippen LogP contribution in [-0.2, 0) is 4.74 Å². The van der Waals surface area contributed by atoms with Crippen LogP contribution in [0.4, 0.5) is 4.79 Å². The van der Waals surface area contributed by atoms with E-state index in [0.29, 0.717) is 6.54 Å². The van der Waals surface area contributed by atoms with Crippen molar-refractivity contribution >= 4 is 17.9 Å². The number of carbonyl (C=O) groups excluding carboxylic acids is 1. The maximum Gasteiger partial charge on any atom is 0.407 e. The van der Waals surface area contributed by atoms with Gasteiger partial charge in [-0.2, -0.15) is 0 Å². The van der Waals surface area contributed by atoms with E-state index in [1.807, 2.05) is 64.1 Å². The molecule has 0 saturated heterocycles. The van der Waals surface area contributed by atoms with Crippen LogP contribution >= 0.6 is 11.8 Å². The number of nitrogens with one attached hydrogen (secondary N) is 1. The van der Waals surface area contributed by atoms with Crippen LogP contribution in [0.3, 0.4) is 0 Å². The van der Waals surface area contributed by atoms with Crippen molar-refractivity contribution in [3.05, 3.63) is 41.3 Å². The van der Waals surface area contributed by atoms with E-state index in [2.05, 4.69) is 5.32 Å². The molecule has 0 fully saturated rings. The maximum absolute atomic E-state index is 11.6. The Labute approximate surface area is 119 Å². The number of hydrogen-bond acceptors (Lipinski definition) is 3. The first-order valence-electron chi connectivity index (χ1n) is 6.25. The third kappa shape index (κ3) is 6.91. The lowest BCUT2D eigenvalue weighted by Crippen LogP contribution is -2.33. The van der Waals surface area contributed by atoms with Crippen molar-refractivity contribution in [3.63, 3.8) is 0 Å². The quantitative estimate of drug-likeness (QED) is 0.839. The number of ether oxygens (including phenoxy) is 1. The van der Waals surface area contributed by atoms with Gasteiger partial charge in [-0.15, -0.1) is 0 Å². The summed E-state index contributed by atoms with van der Waals surface area (Å²) in [6, 6.07) is 10.1. The van der Waals surface area contributed by atoms with E-state index in [4.69, 9.17) is 4.74 Å². The second kappa shape index (κ2) is 7.24. The van der Waals surface area contributed by atoms with Gasteiger partial charge >= 0.3 is 6.09 Å². The minimum atomic E-state index is -0.466. The zero-order valence-electron chi connectivity index (χ0n) is 11.9. The highest BCUT2D eigenvalue weighted by Crippen LogP contribution is 2.25. The van der Waals surface area contributed by atoms with Gasteiger partial charge in [-0.25, -0.2) is 4.79 Å². The minimum absolute atomic E-state index is 0.388. The molecule has 0 aromatic heterocycles. The number of rotatable bonds is 4. The fourth-order valence-electron chi connectivity index (χ4n) is 1.31. The standard InChI is InChI=1S/C15H21NO2S/c1-5-12(19-13-9-7-6-8-10-13)11-16-14(17)18-15(2,3)4/h5-10H,11H2,1-4H3,(H,16,17)/b12-5-. The minimum Gasteiger partial charge on any atom is -0.444 e. The zero-order valence-corrected chi connectivity index (χ0v) is 12.7. The molecule has 0 saturated carbocycles. The molecule has 1 rings (SSSR count). The largest absolute Gasteiger partial charge is 0.444 e. The monoisotopic (exact) mass is 279 g/mol. The van der Waals surface area contributed by atoms with Crippen molar-refractivity contribution in [2.75, 3.05) is 6.54 Å². The number of allylic oxidation sites excluding steroid dienone is 1. The number of alkyl carbamates (subject to hydrolysis) is 1. The topological polar surface area (TPSA) is 38.3 Å². The van der Waals surface area contributed by atoms with Crippen LogP contribution in [0.25, 0.3) is 0 Å². The van der Waals surface area contributed by atoms with Crippen molar-refractivity contribution in [1.29, 1.82) is 0 Å². The van der Waals surface area contributed by atoms with Gasteiger partial charge in [-0.1, -0.05) is 36.0 Å². The van der Waals surface area contributed by atoms with Gasteiger partial charge in [-0.3, -0.25) is 0 Å². The Morgan fingerprint density at radius 1 is 1.32 bits per heavy atom. The summed E-state index contributed by atoms with van der Waals surface area (Å²) in [5.74, 6) is 0. The van der Waals surface area contributed by atoms with Crippen molar-refractivity contribution in [1.82, 2.24) is 5.32 Å². The Morgan fingerprint density at radius 2 is 1.95 bits per heavy atom. The molecule has 104 valence electrons. The molecule has 0 bridgehead atoms. The number of carbonyl (C=O) groups is 1. The van der Waals surface area contributed by atoms with Gasteiger partial charge in [-0.05, 0) is 39.8 Å². The molecular weight excluding hydrogens is 258 g/mol. The predicted octanol–water partition coefficient (Wildman–Crippen LogP) is 4.21. The number of hydrogen-bond donors (Lipinski definition) is 1. The van der Waals surface area contributed by atoms with Gasteiger partial charge in [0.25, 0.3) is 0 Å². The molecule has 4 heteroatoms. The van der Waals surface area contributed by atoms with Crippen LogP contribution in [0.5, 0.6) is 0 Å². The zero-order chi connectivity index (χ0) is 14.3. The van der Waals surface area contributed by atoms with Crippen LogP contribution in [0.15, 0.2) is 46.2 Å². The Balaban J connectivity index is 2.44. The number of amides is 1. The maximum atomic E-state index is 11.6. The molecule has 19 heavy (non-hydrogen) atoms. The Bertz CT molecular complexity index is 435. The molecule has 0 radical (unpaired) electrons. The average molecular weight is 279 g/mol. The lowest BCUT2D eigenvalue weighted by atomic mass is 10.2. The summed E-state index contributed by atoms with van der Waals surface area (Å²) in [6.07, 6.45) is 1.61. The van der Waals surface area contributed by atoms with Crippen molar-refractivity contribution < 1.29 is 9.53 Å². The first-order chi connectivity index (χ1) is 8.90. The number of thioether (sulfide) groups is 1. The average Bonchev–Trinajstić information content (AvgIpc) is 2.33. The van der Waals surface area contributed by atoms with Crippen LogP contribution in [-0.4, -0.2) is 18.2 Å². The summed E-state index contributed by atoms with van der Waals surface area (Å²) in [6.45, 7) is 7.98. The molecule has 0 heterocycles. The highest BCUT2D eigenvalue weighted by molar-refractivity contribution is 8.03. The van der Waals surface area contributed by atoms with Crippen molar-refractivity contribution in [2.45, 2.75) is 38.2 Å². The fraction of sp³-hybridized carbons (Fsp3) is 0.400. The highest BCUT2D eigenvalue weighted by Gasteiger charge is 2.15. The molecule has 1 N–H and O–H groups in total. The summed E-state index contributed by atoms with van der Waals surface area (Å²) in [4.78, 5) is 13.8. The Hall–Kier alpha value is -1.42. The van der Waals surface area contributed by atoms with Crippen LogP contribution < -0.4 is 5.32 Å². The second-order valence-corrected chi connectivity index (χ2v) is 6.23. The third-order valence-corrected chi connectivity index (χ3v) is 3.27. The molecular formula is C15H21NO2S. The molecule has 0 unspecified atom stereocenters. The van der Waals surface area contributed by atoms with Crippen LogP contribution in [0, 0.1) is 0 Å². The van der Waals surface area contributed by atoms with E-state index >= 15 is 0 Å². The molecule has 1 amide bonds.